The van der Waals surface area contributed by atoms with Gasteiger partial charge in [-0.15, -0.1) is 0 Å². The third-order valence-corrected chi connectivity index (χ3v) is 5.35. The molecule has 2 aromatic carbocycles. The number of benzene rings is 2. The van der Waals surface area contributed by atoms with Gasteiger partial charge in [0, 0.05) is 12.2 Å². The van der Waals surface area contributed by atoms with Gasteiger partial charge in [0.25, 0.3) is 17.7 Å². The first-order valence-corrected chi connectivity index (χ1v) is 10.8. The second kappa shape index (κ2) is 9.77. The smallest absolute Gasteiger partial charge is 0.338 e. The molecule has 0 spiro atoms. The first kappa shape index (κ1) is 23.2. The highest BCUT2D eigenvalue weighted by Gasteiger charge is 2.36. The number of hydrogen-bond donors (Lipinski definition) is 1. The molecule has 3 amide bonds. The van der Waals surface area contributed by atoms with Gasteiger partial charge in [0.2, 0.25) is 0 Å². The molecule has 0 fully saturated rings. The Hall–Kier alpha value is -3.48. The Labute approximate surface area is 187 Å². The minimum Gasteiger partial charge on any atom is -0.452 e. The summed E-state index contributed by atoms with van der Waals surface area (Å²) < 4.78 is 5.16. The lowest BCUT2D eigenvalue weighted by Crippen LogP contribution is -2.33. The molecule has 1 aliphatic rings. The third kappa shape index (κ3) is 4.72. The van der Waals surface area contributed by atoms with Gasteiger partial charge >= 0.3 is 5.97 Å². The normalized spacial score (nSPS) is 12.8. The summed E-state index contributed by atoms with van der Waals surface area (Å²) in [6, 6.07) is 10.1. The van der Waals surface area contributed by atoms with E-state index in [9.17, 15) is 19.2 Å². The van der Waals surface area contributed by atoms with E-state index in [1.807, 2.05) is 45.9 Å². The minimum atomic E-state index is -0.731. The molecule has 3 rings (SSSR count). The van der Waals surface area contributed by atoms with E-state index >= 15 is 0 Å². The van der Waals surface area contributed by atoms with Crippen LogP contribution in [0.4, 0.5) is 5.69 Å². The van der Waals surface area contributed by atoms with E-state index in [0.717, 1.165) is 29.7 Å². The lowest BCUT2D eigenvalue weighted by Gasteiger charge is -2.15. The van der Waals surface area contributed by atoms with Crippen LogP contribution in [0.25, 0.3) is 0 Å². The number of carbonyl (C=O) groups is 4. The fourth-order valence-corrected chi connectivity index (χ4v) is 3.74. The predicted molar refractivity (Wildman–Crippen MR) is 121 cm³/mol. The molecule has 0 saturated carbocycles. The first-order valence-electron chi connectivity index (χ1n) is 10.8. The zero-order chi connectivity index (χ0) is 23.4. The fraction of sp³-hybridized carbons (Fsp3) is 0.360. The number of aryl methyl sites for hydroxylation is 2. The van der Waals surface area contributed by atoms with E-state index in [1.165, 1.54) is 23.1 Å². The molecule has 32 heavy (non-hydrogen) atoms. The second-order valence-electron chi connectivity index (χ2n) is 8.16. The molecule has 0 unspecified atom stereocenters. The summed E-state index contributed by atoms with van der Waals surface area (Å²) in [5.41, 5.74) is 3.35. The molecule has 1 N–H and O–H groups in total. The van der Waals surface area contributed by atoms with Crippen LogP contribution in [0.15, 0.2) is 36.4 Å². The summed E-state index contributed by atoms with van der Waals surface area (Å²) in [5, 5.41) is 2.84. The summed E-state index contributed by atoms with van der Waals surface area (Å²) in [7, 11) is 0. The molecule has 0 aliphatic carbocycles. The summed E-state index contributed by atoms with van der Waals surface area (Å²) in [4.78, 5) is 51.1. The van der Waals surface area contributed by atoms with Gasteiger partial charge in [-0.05, 0) is 48.1 Å². The van der Waals surface area contributed by atoms with Gasteiger partial charge in [-0.25, -0.2) is 4.79 Å². The number of nitrogens with one attached hydrogen (secondary N) is 1. The highest BCUT2D eigenvalue weighted by molar-refractivity contribution is 6.22. The van der Waals surface area contributed by atoms with Crippen LogP contribution in [0.2, 0.25) is 0 Å². The molecular formula is C25H28N2O5. The van der Waals surface area contributed by atoms with E-state index in [-0.39, 0.29) is 28.5 Å². The van der Waals surface area contributed by atoms with Crippen LogP contribution in [0.1, 0.15) is 69.9 Å². The fourth-order valence-electron chi connectivity index (χ4n) is 3.74. The van der Waals surface area contributed by atoms with Crippen molar-refractivity contribution in [1.82, 2.24) is 4.90 Å². The van der Waals surface area contributed by atoms with Crippen LogP contribution >= 0.6 is 0 Å². The molecule has 168 valence electrons. The van der Waals surface area contributed by atoms with Crippen molar-refractivity contribution in [3.8, 4) is 0 Å². The molecule has 0 saturated heterocycles. The number of esters is 1. The van der Waals surface area contributed by atoms with Gasteiger partial charge in [-0.2, -0.15) is 0 Å². The number of nitrogens with zero attached hydrogens (tertiary/aromatic N) is 1. The molecule has 1 heterocycles. The first-order chi connectivity index (χ1) is 15.3. The van der Waals surface area contributed by atoms with E-state index in [4.69, 9.17) is 4.74 Å². The van der Waals surface area contributed by atoms with Crippen LogP contribution in [-0.2, 0) is 22.4 Å². The van der Waals surface area contributed by atoms with Crippen LogP contribution in [0, 0.1) is 5.92 Å². The van der Waals surface area contributed by atoms with Gasteiger partial charge in [-0.1, -0.05) is 45.9 Å². The van der Waals surface area contributed by atoms with Gasteiger partial charge in [0.1, 0.15) is 0 Å². The molecule has 0 radical (unpaired) electrons. The van der Waals surface area contributed by atoms with Crippen LogP contribution in [0.5, 0.6) is 0 Å². The van der Waals surface area contributed by atoms with Crippen molar-refractivity contribution in [3.63, 3.8) is 0 Å². The average molecular weight is 437 g/mol. The Morgan fingerprint density at radius 1 is 0.969 bits per heavy atom. The number of ether oxygens (including phenoxy) is 1. The number of fused-ring (bicyclic) bond motifs is 1. The highest BCUT2D eigenvalue weighted by Crippen LogP contribution is 2.25. The monoisotopic (exact) mass is 436 g/mol. The topological polar surface area (TPSA) is 92.8 Å². The van der Waals surface area contributed by atoms with Crippen LogP contribution < -0.4 is 5.32 Å². The number of anilines is 1. The Morgan fingerprint density at radius 3 is 2.19 bits per heavy atom. The Bertz CT molecular complexity index is 1050. The predicted octanol–water partition coefficient (Wildman–Crippen LogP) is 3.86. The van der Waals surface area contributed by atoms with Crippen molar-refractivity contribution in [2.75, 3.05) is 18.5 Å². The number of hydrogen-bond acceptors (Lipinski definition) is 5. The molecule has 7 heteroatoms. The third-order valence-electron chi connectivity index (χ3n) is 5.35. The largest absolute Gasteiger partial charge is 0.452 e. The lowest BCUT2D eigenvalue weighted by atomic mass is 10.0. The molecule has 7 nitrogen and oxygen atoms in total. The van der Waals surface area contributed by atoms with Crippen molar-refractivity contribution < 1.29 is 23.9 Å². The number of carbonyl (C=O) groups excluding carboxylic acids is 4. The zero-order valence-electron chi connectivity index (χ0n) is 18.9. The van der Waals surface area contributed by atoms with Crippen LogP contribution in [0.3, 0.4) is 0 Å². The Kier molecular flexibility index (Phi) is 7.08. The Morgan fingerprint density at radius 2 is 1.59 bits per heavy atom. The molecule has 0 aromatic heterocycles. The number of para-hydroxylation sites is 1. The second-order valence-corrected chi connectivity index (χ2v) is 8.16. The summed E-state index contributed by atoms with van der Waals surface area (Å²) >= 11 is 0. The van der Waals surface area contributed by atoms with Crippen molar-refractivity contribution in [3.05, 3.63) is 64.2 Å². The standard InChI is InChI=1S/C25H28N2O5/c1-5-16-8-7-9-17(6-2)22(16)26-21(28)14-32-25(31)18-10-11-19-20(12-18)24(30)27(23(19)29)13-15(3)4/h7-12,15H,5-6,13-14H2,1-4H3,(H,26,28). The summed E-state index contributed by atoms with van der Waals surface area (Å²) in [6.07, 6.45) is 1.53. The van der Waals surface area contributed by atoms with Crippen molar-refractivity contribution in [1.29, 1.82) is 0 Å². The zero-order valence-corrected chi connectivity index (χ0v) is 18.9. The van der Waals surface area contributed by atoms with Gasteiger partial charge in [-0.3, -0.25) is 19.3 Å². The van der Waals surface area contributed by atoms with Crippen LogP contribution in [-0.4, -0.2) is 41.7 Å². The van der Waals surface area contributed by atoms with Gasteiger partial charge < -0.3 is 10.1 Å². The molecule has 0 bridgehead atoms. The number of rotatable bonds is 8. The van der Waals surface area contributed by atoms with Crippen molar-refractivity contribution in [2.45, 2.75) is 40.5 Å². The minimum absolute atomic E-state index is 0.118. The maximum atomic E-state index is 12.6. The van der Waals surface area contributed by atoms with E-state index in [2.05, 4.69) is 5.32 Å². The number of amides is 3. The quantitative estimate of drug-likeness (QED) is 0.501. The van der Waals surface area contributed by atoms with E-state index in [1.54, 1.807) is 0 Å². The average Bonchev–Trinajstić information content (AvgIpc) is 3.01. The summed E-state index contributed by atoms with van der Waals surface area (Å²) in [6.45, 7) is 7.70. The maximum absolute atomic E-state index is 12.6. The molecular weight excluding hydrogens is 408 g/mol. The number of imide groups is 1. The van der Waals surface area contributed by atoms with E-state index in [0.29, 0.717) is 6.54 Å². The molecule has 0 atom stereocenters. The SMILES string of the molecule is CCc1cccc(CC)c1NC(=O)COC(=O)c1ccc2c(c1)C(=O)N(CC(C)C)C2=O. The van der Waals surface area contributed by atoms with Crippen molar-refractivity contribution >= 4 is 29.4 Å². The lowest BCUT2D eigenvalue weighted by molar-refractivity contribution is -0.119. The maximum Gasteiger partial charge on any atom is 0.338 e. The van der Waals surface area contributed by atoms with Crippen molar-refractivity contribution in [2.24, 2.45) is 5.92 Å². The Balaban J connectivity index is 1.67. The van der Waals surface area contributed by atoms with Gasteiger partial charge in [0.15, 0.2) is 6.61 Å². The summed E-state index contributed by atoms with van der Waals surface area (Å²) in [5.74, 6) is -1.82. The van der Waals surface area contributed by atoms with Gasteiger partial charge in [0.05, 0.1) is 16.7 Å². The highest BCUT2D eigenvalue weighted by atomic mass is 16.5. The van der Waals surface area contributed by atoms with E-state index < -0.39 is 24.4 Å². The molecule has 2 aromatic rings. The molecule has 1 aliphatic heterocycles.